The van der Waals surface area contributed by atoms with Crippen molar-refractivity contribution >= 4 is 51.5 Å². The number of ether oxygens (including phenoxy) is 1. The third-order valence-electron chi connectivity index (χ3n) is 10.9. The number of carbonyl (C=O) groups is 1. The van der Waals surface area contributed by atoms with Crippen molar-refractivity contribution in [2.45, 2.75) is 44.2 Å². The first kappa shape index (κ1) is 35.3. The van der Waals surface area contributed by atoms with Crippen LogP contribution in [-0.2, 0) is 13.5 Å². The quantitative estimate of drug-likeness (QED) is 0.168. The number of fused-ring (bicyclic) bond motifs is 2. The highest BCUT2D eigenvalue weighted by atomic mass is 35.5. The molecule has 0 bridgehead atoms. The molecule has 1 spiro atoms. The van der Waals surface area contributed by atoms with Crippen LogP contribution in [0.2, 0.25) is 10.0 Å². The first-order chi connectivity index (χ1) is 25.6. The summed E-state index contributed by atoms with van der Waals surface area (Å²) in [4.78, 5) is 39.7. The van der Waals surface area contributed by atoms with Gasteiger partial charge in [0.2, 0.25) is 5.88 Å². The Morgan fingerprint density at radius 3 is 2.57 bits per heavy atom. The molecule has 14 heteroatoms. The van der Waals surface area contributed by atoms with E-state index in [1.54, 1.807) is 25.3 Å². The predicted molar refractivity (Wildman–Crippen MR) is 206 cm³/mol. The Balaban J connectivity index is 1.09. The van der Waals surface area contributed by atoms with Crippen LogP contribution in [0.15, 0.2) is 59.5 Å². The maximum atomic E-state index is 13.1. The van der Waals surface area contributed by atoms with Crippen molar-refractivity contribution in [1.29, 1.82) is 0 Å². The van der Waals surface area contributed by atoms with Crippen molar-refractivity contribution in [3.63, 3.8) is 0 Å². The zero-order chi connectivity index (χ0) is 37.0. The molecule has 5 heterocycles. The van der Waals surface area contributed by atoms with Gasteiger partial charge in [0.25, 0.3) is 5.56 Å². The number of aromatic nitrogens is 4. The van der Waals surface area contributed by atoms with Gasteiger partial charge in [0.15, 0.2) is 0 Å². The number of aryl methyl sites for hydroxylation is 3. The van der Waals surface area contributed by atoms with Crippen LogP contribution in [0.5, 0.6) is 5.88 Å². The molecule has 2 saturated heterocycles. The van der Waals surface area contributed by atoms with E-state index in [0.29, 0.717) is 62.5 Å². The maximum absolute atomic E-state index is 13.1. The molecule has 3 aliphatic rings. The highest BCUT2D eigenvalue weighted by Gasteiger charge is 2.46. The zero-order valence-corrected chi connectivity index (χ0v) is 31.3. The van der Waals surface area contributed by atoms with Gasteiger partial charge in [-0.25, -0.2) is 19.4 Å². The second kappa shape index (κ2) is 13.9. The fraction of sp³-hybridized carbons (Fsp3) is 0.359. The van der Waals surface area contributed by atoms with Crippen LogP contribution < -0.4 is 20.9 Å². The molecule has 0 radical (unpaired) electrons. The maximum Gasteiger partial charge on any atom is 0.317 e. The van der Waals surface area contributed by atoms with Crippen LogP contribution in [0.4, 0.5) is 16.3 Å². The Hall–Kier alpha value is -4.75. The molecule has 53 heavy (non-hydrogen) atoms. The minimum absolute atomic E-state index is 0.0407. The zero-order valence-electron chi connectivity index (χ0n) is 29.7. The van der Waals surface area contributed by atoms with Crippen molar-refractivity contribution in [3.05, 3.63) is 91.9 Å². The van der Waals surface area contributed by atoms with E-state index in [-0.39, 0.29) is 29.8 Å². The van der Waals surface area contributed by atoms with Gasteiger partial charge in [0.05, 0.1) is 52.3 Å². The summed E-state index contributed by atoms with van der Waals surface area (Å²) in [6.07, 6.45) is 5.16. The Morgan fingerprint density at radius 2 is 1.79 bits per heavy atom. The van der Waals surface area contributed by atoms with Gasteiger partial charge in [-0.15, -0.1) is 0 Å². The van der Waals surface area contributed by atoms with Crippen LogP contribution in [0.3, 0.4) is 0 Å². The number of pyridine rings is 2. The number of hydrogen-bond acceptors (Lipinski definition) is 9. The van der Waals surface area contributed by atoms with Crippen LogP contribution >= 0.6 is 23.2 Å². The molecule has 2 aromatic carbocycles. The number of aliphatic hydroxyl groups excluding tert-OH is 1. The fourth-order valence-electron chi connectivity index (χ4n) is 8.25. The molecule has 2 amide bonds. The van der Waals surface area contributed by atoms with Crippen molar-refractivity contribution in [2.75, 3.05) is 45.2 Å². The van der Waals surface area contributed by atoms with Gasteiger partial charge in [-0.1, -0.05) is 53.5 Å². The van der Waals surface area contributed by atoms with E-state index >= 15 is 0 Å². The summed E-state index contributed by atoms with van der Waals surface area (Å²) in [5.41, 5.74) is 5.93. The Morgan fingerprint density at radius 1 is 1.04 bits per heavy atom. The fourth-order valence-corrected chi connectivity index (χ4v) is 8.85. The number of aliphatic hydroxyl groups is 1. The van der Waals surface area contributed by atoms with Crippen LogP contribution in [0, 0.1) is 6.92 Å². The number of hydrogen-bond donors (Lipinski definition) is 3. The molecule has 3 aromatic heterocycles. The van der Waals surface area contributed by atoms with Crippen LogP contribution in [-0.4, -0.2) is 86.1 Å². The number of amides is 2. The number of carbonyl (C=O) groups excluding carboxylic acids is 1. The van der Waals surface area contributed by atoms with E-state index in [1.807, 2.05) is 49.4 Å². The number of anilines is 2. The lowest BCUT2D eigenvalue weighted by Gasteiger charge is -2.40. The van der Waals surface area contributed by atoms with Crippen LogP contribution in [0.1, 0.15) is 42.1 Å². The number of nitrogens with zero attached hydrogens (tertiary/aromatic N) is 6. The number of methoxy groups -OCH3 is 1. The summed E-state index contributed by atoms with van der Waals surface area (Å²) >= 11 is 14.3. The molecular weight excluding hydrogens is 715 g/mol. The van der Waals surface area contributed by atoms with Gasteiger partial charge in [-0.05, 0) is 56.4 Å². The van der Waals surface area contributed by atoms with Gasteiger partial charge in [0, 0.05) is 72.6 Å². The number of likely N-dealkylation sites (tertiary alicyclic amines) is 1. The summed E-state index contributed by atoms with van der Waals surface area (Å²) in [6.45, 7) is 4.43. The number of benzene rings is 2. The summed E-state index contributed by atoms with van der Waals surface area (Å²) in [7, 11) is 3.26. The van der Waals surface area contributed by atoms with Gasteiger partial charge < -0.3 is 25.4 Å². The van der Waals surface area contributed by atoms with E-state index in [1.165, 1.54) is 10.2 Å². The molecule has 12 nitrogen and oxygen atoms in total. The standard InChI is InChI=1S/C39H40Cl2N8O4/c1-22-18-24-20-42-47(2)37(51)32(24)35(43-22)44-28-9-5-7-26(34(28)41)25-6-4-8-27(33(25)40)29-19-23-10-11-30(31(23)36(45-29)53-3)49-15-13-39(21-49)12-14-48(16-17-50)38(52)46-39/h4-9,18-20,30,50H,10-17,21H2,1-3H3,(H,43,44)(H,46,52)/t30-,39+/m0/s1. The molecule has 5 aromatic rings. The monoisotopic (exact) mass is 754 g/mol. The molecule has 2 fully saturated rings. The number of rotatable bonds is 8. The second-order valence-electron chi connectivity index (χ2n) is 14.1. The highest BCUT2D eigenvalue weighted by Crippen LogP contribution is 2.47. The first-order valence-corrected chi connectivity index (χ1v) is 18.5. The summed E-state index contributed by atoms with van der Waals surface area (Å²) < 4.78 is 7.24. The largest absolute Gasteiger partial charge is 0.481 e. The molecule has 1 aliphatic carbocycles. The smallest absolute Gasteiger partial charge is 0.317 e. The average molecular weight is 756 g/mol. The minimum Gasteiger partial charge on any atom is -0.481 e. The Kier molecular flexibility index (Phi) is 9.26. The van der Waals surface area contributed by atoms with Gasteiger partial charge in [-0.2, -0.15) is 5.10 Å². The predicted octanol–water partition coefficient (Wildman–Crippen LogP) is 6.26. The van der Waals surface area contributed by atoms with E-state index in [0.717, 1.165) is 61.2 Å². The van der Waals surface area contributed by atoms with Gasteiger partial charge >= 0.3 is 6.03 Å². The minimum atomic E-state index is -0.270. The molecule has 0 unspecified atom stereocenters. The molecular formula is C39H40Cl2N8O4. The van der Waals surface area contributed by atoms with E-state index in [2.05, 4.69) is 31.7 Å². The summed E-state index contributed by atoms with van der Waals surface area (Å²) in [5.74, 6) is 0.972. The van der Waals surface area contributed by atoms with E-state index in [4.69, 9.17) is 32.9 Å². The highest BCUT2D eigenvalue weighted by molar-refractivity contribution is 6.39. The van der Waals surface area contributed by atoms with Gasteiger partial charge in [-0.3, -0.25) is 9.69 Å². The molecule has 3 N–H and O–H groups in total. The summed E-state index contributed by atoms with van der Waals surface area (Å²) in [6, 6.07) is 15.4. The van der Waals surface area contributed by atoms with Crippen molar-refractivity contribution in [3.8, 4) is 28.3 Å². The van der Waals surface area contributed by atoms with Crippen LogP contribution in [0.25, 0.3) is 33.2 Å². The number of urea groups is 1. The summed E-state index contributed by atoms with van der Waals surface area (Å²) in [5, 5.41) is 22.1. The molecule has 8 rings (SSSR count). The lowest BCUT2D eigenvalue weighted by atomic mass is 9.92. The first-order valence-electron chi connectivity index (χ1n) is 17.8. The number of β-amino-alcohol motifs (C(OH)–C–C–N with tert-alkyl or cyclic N) is 1. The average Bonchev–Trinajstić information content (AvgIpc) is 3.76. The Labute approximate surface area is 316 Å². The SMILES string of the molecule is COc1nc(-c2cccc(-c3cccc(Nc4nc(C)cc5cnn(C)c(=O)c45)c3Cl)c2Cl)cc2c1[C@@H](N1CC[C@]3(CCN(CCO)C(=O)N3)C1)CC2. The van der Waals surface area contributed by atoms with Gasteiger partial charge in [0.1, 0.15) is 5.82 Å². The lowest BCUT2D eigenvalue weighted by Crippen LogP contribution is -2.61. The van der Waals surface area contributed by atoms with E-state index in [9.17, 15) is 14.7 Å². The molecule has 274 valence electrons. The van der Waals surface area contributed by atoms with Crippen molar-refractivity contribution in [2.24, 2.45) is 7.05 Å². The third kappa shape index (κ3) is 6.27. The molecule has 0 saturated carbocycles. The number of halogens is 2. The number of nitrogens with one attached hydrogen (secondary N) is 2. The normalized spacial score (nSPS) is 19.9. The Bertz CT molecular complexity index is 2330. The van der Waals surface area contributed by atoms with Crippen molar-refractivity contribution < 1.29 is 14.6 Å². The topological polar surface area (TPSA) is 138 Å². The molecule has 2 atom stereocenters. The third-order valence-corrected chi connectivity index (χ3v) is 11.7. The van der Waals surface area contributed by atoms with E-state index < -0.39 is 0 Å². The second-order valence-corrected chi connectivity index (χ2v) is 14.9. The van der Waals surface area contributed by atoms with Crippen molar-refractivity contribution in [1.82, 2.24) is 34.9 Å². The molecule has 2 aliphatic heterocycles. The lowest BCUT2D eigenvalue weighted by molar-refractivity contribution is 0.127.